The van der Waals surface area contributed by atoms with Crippen molar-refractivity contribution in [2.45, 2.75) is 38.6 Å². The molecule has 18 heavy (non-hydrogen) atoms. The van der Waals surface area contributed by atoms with Crippen molar-refractivity contribution in [3.63, 3.8) is 0 Å². The molecule has 0 heterocycles. The van der Waals surface area contributed by atoms with Gasteiger partial charge in [-0.3, -0.25) is 0 Å². The zero-order valence-electron chi connectivity index (χ0n) is 11.0. The van der Waals surface area contributed by atoms with Crippen molar-refractivity contribution in [1.29, 1.82) is 0 Å². The molecule has 0 unspecified atom stereocenters. The summed E-state index contributed by atoms with van der Waals surface area (Å²) in [6, 6.07) is 4.27. The summed E-state index contributed by atoms with van der Waals surface area (Å²) in [4.78, 5) is 0. The van der Waals surface area contributed by atoms with Gasteiger partial charge >= 0.3 is 0 Å². The summed E-state index contributed by atoms with van der Waals surface area (Å²) in [5.41, 5.74) is 6.52. The van der Waals surface area contributed by atoms with Crippen LogP contribution in [-0.2, 0) is 0 Å². The molecule has 1 rings (SSSR count). The average Bonchev–Trinajstić information content (AvgIpc) is 2.35. The van der Waals surface area contributed by atoms with E-state index in [1.165, 1.54) is 12.1 Å². The molecule has 0 radical (unpaired) electrons. The van der Waals surface area contributed by atoms with Crippen LogP contribution in [0.5, 0.6) is 5.75 Å². The van der Waals surface area contributed by atoms with Gasteiger partial charge in [-0.1, -0.05) is 6.08 Å². The first-order valence-corrected chi connectivity index (χ1v) is 6.44. The Morgan fingerprint density at radius 2 is 2.17 bits per heavy atom. The number of allylic oxidation sites excluding steroid dienone is 1. The minimum Gasteiger partial charge on any atom is -0.493 e. The summed E-state index contributed by atoms with van der Waals surface area (Å²) in [6.45, 7) is 6.15. The highest BCUT2D eigenvalue weighted by Crippen LogP contribution is 2.24. The second kappa shape index (κ2) is 7.88. The van der Waals surface area contributed by atoms with E-state index in [2.05, 4.69) is 6.58 Å². The van der Waals surface area contributed by atoms with Crippen LogP contribution in [0, 0.1) is 5.82 Å². The third-order valence-corrected chi connectivity index (χ3v) is 2.77. The SMILES string of the molecule is C=CCCCCCOc1ccc(F)cc1[C@H](C)N. The summed E-state index contributed by atoms with van der Waals surface area (Å²) in [6.07, 6.45) is 6.21. The van der Waals surface area contributed by atoms with Gasteiger partial charge in [0.15, 0.2) is 0 Å². The topological polar surface area (TPSA) is 35.2 Å². The van der Waals surface area contributed by atoms with Crippen LogP contribution in [0.15, 0.2) is 30.9 Å². The third kappa shape index (κ3) is 4.88. The molecule has 1 aromatic carbocycles. The minimum absolute atomic E-state index is 0.225. The first-order valence-electron chi connectivity index (χ1n) is 6.44. The van der Waals surface area contributed by atoms with E-state index < -0.39 is 0 Å². The van der Waals surface area contributed by atoms with Crippen molar-refractivity contribution in [2.75, 3.05) is 6.61 Å². The van der Waals surface area contributed by atoms with E-state index in [1.807, 2.05) is 13.0 Å². The van der Waals surface area contributed by atoms with Crippen molar-refractivity contribution >= 4 is 0 Å². The standard InChI is InChI=1S/C15H22FNO/c1-3-4-5-6-7-10-18-15-9-8-13(16)11-14(15)12(2)17/h3,8-9,11-12H,1,4-7,10,17H2,2H3/t12-/m0/s1. The summed E-state index contributed by atoms with van der Waals surface area (Å²) in [5.74, 6) is 0.413. The Kier molecular flexibility index (Phi) is 6.44. The van der Waals surface area contributed by atoms with Gasteiger partial charge in [-0.15, -0.1) is 6.58 Å². The van der Waals surface area contributed by atoms with Gasteiger partial charge in [0.25, 0.3) is 0 Å². The first kappa shape index (κ1) is 14.7. The van der Waals surface area contributed by atoms with Crippen LogP contribution < -0.4 is 10.5 Å². The molecular formula is C15H22FNO. The summed E-state index contributed by atoms with van der Waals surface area (Å²) in [7, 11) is 0. The first-order chi connectivity index (χ1) is 8.65. The van der Waals surface area contributed by atoms with Gasteiger partial charge in [0.2, 0.25) is 0 Å². The molecule has 0 aliphatic heterocycles. The van der Waals surface area contributed by atoms with Gasteiger partial charge in [-0.05, 0) is 50.8 Å². The van der Waals surface area contributed by atoms with Gasteiger partial charge in [-0.2, -0.15) is 0 Å². The maximum absolute atomic E-state index is 13.1. The Hall–Kier alpha value is -1.35. The van der Waals surface area contributed by atoms with Crippen LogP contribution >= 0.6 is 0 Å². The molecule has 2 nitrogen and oxygen atoms in total. The molecule has 1 aromatic rings. The highest BCUT2D eigenvalue weighted by atomic mass is 19.1. The van der Waals surface area contributed by atoms with Crippen LogP contribution in [0.3, 0.4) is 0 Å². The van der Waals surface area contributed by atoms with Crippen molar-refractivity contribution in [3.8, 4) is 5.75 Å². The molecular weight excluding hydrogens is 229 g/mol. The van der Waals surface area contributed by atoms with E-state index in [4.69, 9.17) is 10.5 Å². The summed E-state index contributed by atoms with van der Waals surface area (Å²) >= 11 is 0. The van der Waals surface area contributed by atoms with Crippen molar-refractivity contribution < 1.29 is 9.13 Å². The lowest BCUT2D eigenvalue weighted by Crippen LogP contribution is -2.09. The van der Waals surface area contributed by atoms with E-state index in [1.54, 1.807) is 6.07 Å². The second-order valence-corrected chi connectivity index (χ2v) is 4.46. The monoisotopic (exact) mass is 251 g/mol. The number of hydrogen-bond acceptors (Lipinski definition) is 2. The fraction of sp³-hybridized carbons (Fsp3) is 0.467. The molecule has 0 amide bonds. The third-order valence-electron chi connectivity index (χ3n) is 2.77. The van der Waals surface area contributed by atoms with E-state index in [-0.39, 0.29) is 11.9 Å². The van der Waals surface area contributed by atoms with E-state index >= 15 is 0 Å². The van der Waals surface area contributed by atoms with Crippen molar-refractivity contribution in [1.82, 2.24) is 0 Å². The fourth-order valence-electron chi connectivity index (χ4n) is 1.76. The lowest BCUT2D eigenvalue weighted by Gasteiger charge is -2.14. The van der Waals surface area contributed by atoms with Crippen LogP contribution in [0.2, 0.25) is 0 Å². The maximum atomic E-state index is 13.1. The molecule has 0 aliphatic rings. The molecule has 0 spiro atoms. The second-order valence-electron chi connectivity index (χ2n) is 4.46. The molecule has 3 heteroatoms. The molecule has 0 saturated carbocycles. The predicted octanol–water partition coefficient (Wildman–Crippen LogP) is 3.97. The number of ether oxygens (including phenoxy) is 1. The quantitative estimate of drug-likeness (QED) is 0.560. The largest absolute Gasteiger partial charge is 0.493 e. The molecule has 0 aromatic heterocycles. The summed E-state index contributed by atoms with van der Waals surface area (Å²) in [5, 5.41) is 0. The van der Waals surface area contributed by atoms with Crippen LogP contribution in [0.25, 0.3) is 0 Å². The van der Waals surface area contributed by atoms with Gasteiger partial charge in [0, 0.05) is 11.6 Å². The zero-order chi connectivity index (χ0) is 13.4. The van der Waals surface area contributed by atoms with Gasteiger partial charge < -0.3 is 10.5 Å². The number of benzene rings is 1. The number of unbranched alkanes of at least 4 members (excludes halogenated alkanes) is 3. The fourth-order valence-corrected chi connectivity index (χ4v) is 1.76. The average molecular weight is 251 g/mol. The van der Waals surface area contributed by atoms with Gasteiger partial charge in [0.05, 0.1) is 6.61 Å². The van der Waals surface area contributed by atoms with Crippen LogP contribution in [0.4, 0.5) is 4.39 Å². The van der Waals surface area contributed by atoms with Crippen molar-refractivity contribution in [3.05, 3.63) is 42.2 Å². The molecule has 2 N–H and O–H groups in total. The summed E-state index contributed by atoms with van der Waals surface area (Å²) < 4.78 is 18.8. The zero-order valence-corrected chi connectivity index (χ0v) is 11.0. The molecule has 1 atom stereocenters. The number of nitrogens with two attached hydrogens (primary N) is 1. The molecule has 100 valence electrons. The predicted molar refractivity (Wildman–Crippen MR) is 73.2 cm³/mol. The lowest BCUT2D eigenvalue weighted by molar-refractivity contribution is 0.300. The van der Waals surface area contributed by atoms with Crippen LogP contribution in [0.1, 0.15) is 44.2 Å². The smallest absolute Gasteiger partial charge is 0.124 e. The molecule has 0 saturated heterocycles. The highest BCUT2D eigenvalue weighted by molar-refractivity contribution is 5.36. The Labute approximate surface area is 109 Å². The molecule has 0 fully saturated rings. The van der Waals surface area contributed by atoms with Gasteiger partial charge in [-0.25, -0.2) is 4.39 Å². The van der Waals surface area contributed by atoms with E-state index in [0.717, 1.165) is 31.2 Å². The van der Waals surface area contributed by atoms with E-state index in [0.29, 0.717) is 12.4 Å². The lowest BCUT2D eigenvalue weighted by atomic mass is 10.1. The van der Waals surface area contributed by atoms with Gasteiger partial charge in [0.1, 0.15) is 11.6 Å². The Morgan fingerprint density at radius 1 is 1.39 bits per heavy atom. The van der Waals surface area contributed by atoms with Crippen molar-refractivity contribution in [2.24, 2.45) is 5.73 Å². The Bertz CT molecular complexity index is 377. The normalized spacial score (nSPS) is 12.2. The molecule has 0 bridgehead atoms. The van der Waals surface area contributed by atoms with E-state index in [9.17, 15) is 4.39 Å². The number of hydrogen-bond donors (Lipinski definition) is 1. The Balaban J connectivity index is 2.44. The maximum Gasteiger partial charge on any atom is 0.124 e. The number of rotatable bonds is 8. The highest BCUT2D eigenvalue weighted by Gasteiger charge is 2.09. The Morgan fingerprint density at radius 3 is 2.83 bits per heavy atom. The number of halogens is 1. The van der Waals surface area contributed by atoms with Crippen LogP contribution in [-0.4, -0.2) is 6.61 Å². The minimum atomic E-state index is -0.277. The molecule has 0 aliphatic carbocycles.